The predicted octanol–water partition coefficient (Wildman–Crippen LogP) is 4.69. The van der Waals surface area contributed by atoms with E-state index in [0.717, 1.165) is 54.3 Å². The molecule has 1 saturated carbocycles. The Morgan fingerprint density at radius 2 is 1.82 bits per heavy atom. The number of aromatic nitrogens is 4. The van der Waals surface area contributed by atoms with Crippen molar-refractivity contribution in [3.05, 3.63) is 82.4 Å². The van der Waals surface area contributed by atoms with Gasteiger partial charge in [0, 0.05) is 36.2 Å². The lowest BCUT2D eigenvalue weighted by atomic mass is 10.0. The quantitative estimate of drug-likeness (QED) is 0.368. The number of hydrogen-bond donors (Lipinski definition) is 2. The van der Waals surface area contributed by atoms with E-state index >= 15 is 0 Å². The lowest BCUT2D eigenvalue weighted by Crippen LogP contribution is -2.35. The van der Waals surface area contributed by atoms with Crippen LogP contribution in [0.4, 0.5) is 17.5 Å². The summed E-state index contributed by atoms with van der Waals surface area (Å²) < 4.78 is 1.88. The zero-order chi connectivity index (χ0) is 26.1. The lowest BCUT2D eigenvalue weighted by molar-refractivity contribution is -0.138. The van der Waals surface area contributed by atoms with Gasteiger partial charge in [-0.05, 0) is 49.4 Å². The van der Waals surface area contributed by atoms with Gasteiger partial charge in [-0.15, -0.1) is 0 Å². The number of nitrogens with one attached hydrogen (secondary N) is 1. The van der Waals surface area contributed by atoms with Crippen LogP contribution < -0.4 is 15.8 Å². The molecule has 4 aromatic rings. The molecule has 3 aromatic heterocycles. The molecule has 194 valence electrons. The normalized spacial score (nSPS) is 17.8. The van der Waals surface area contributed by atoms with Crippen LogP contribution in [0.3, 0.4) is 0 Å². The number of carboxylic acid groups (broad SMARTS) is 1. The minimum absolute atomic E-state index is 0.0129. The van der Waals surface area contributed by atoms with Crippen molar-refractivity contribution in [2.24, 2.45) is 0 Å². The van der Waals surface area contributed by atoms with Gasteiger partial charge in [-0.1, -0.05) is 43.2 Å². The second kappa shape index (κ2) is 10.2. The van der Waals surface area contributed by atoms with Gasteiger partial charge in [-0.25, -0.2) is 14.8 Å². The van der Waals surface area contributed by atoms with E-state index in [9.17, 15) is 14.7 Å². The topological polar surface area (TPSA) is 113 Å². The van der Waals surface area contributed by atoms with E-state index in [2.05, 4.69) is 15.3 Å². The molecule has 2 aliphatic rings. The molecule has 38 heavy (non-hydrogen) atoms. The Bertz CT molecular complexity index is 1510. The summed E-state index contributed by atoms with van der Waals surface area (Å²) in [6.45, 7) is 0.699. The van der Waals surface area contributed by atoms with Gasteiger partial charge < -0.3 is 15.3 Å². The molecule has 1 saturated heterocycles. The Kier molecular flexibility index (Phi) is 6.49. The number of carboxylic acids is 1. The van der Waals surface area contributed by atoms with Crippen molar-refractivity contribution in [3.63, 3.8) is 0 Å². The maximum atomic E-state index is 13.7. The Hall–Kier alpha value is -4.27. The smallest absolute Gasteiger partial charge is 0.326 e. The summed E-state index contributed by atoms with van der Waals surface area (Å²) in [5.41, 5.74) is 3.27. The van der Waals surface area contributed by atoms with Crippen molar-refractivity contribution in [1.29, 1.82) is 0 Å². The molecule has 1 aromatic carbocycles. The van der Waals surface area contributed by atoms with Crippen LogP contribution in [0.15, 0.2) is 65.7 Å². The molecule has 0 amide bonds. The highest BCUT2D eigenvalue weighted by molar-refractivity contribution is 5.79. The van der Waals surface area contributed by atoms with Crippen molar-refractivity contribution < 1.29 is 9.90 Å². The van der Waals surface area contributed by atoms with E-state index in [1.54, 1.807) is 18.5 Å². The van der Waals surface area contributed by atoms with Gasteiger partial charge in [0.05, 0.1) is 11.9 Å². The molecule has 1 unspecified atom stereocenters. The van der Waals surface area contributed by atoms with Crippen LogP contribution in [-0.4, -0.2) is 43.2 Å². The molecule has 2 N–H and O–H groups in total. The zero-order valence-corrected chi connectivity index (χ0v) is 21.1. The largest absolute Gasteiger partial charge is 0.480 e. The van der Waals surface area contributed by atoms with Crippen LogP contribution in [0.2, 0.25) is 0 Å². The van der Waals surface area contributed by atoms with Crippen LogP contribution >= 0.6 is 0 Å². The summed E-state index contributed by atoms with van der Waals surface area (Å²) in [6, 6.07) is 15.2. The van der Waals surface area contributed by atoms with Gasteiger partial charge in [-0.2, -0.15) is 4.98 Å². The van der Waals surface area contributed by atoms with Gasteiger partial charge in [-0.3, -0.25) is 9.36 Å². The minimum atomic E-state index is -0.811. The van der Waals surface area contributed by atoms with Crippen LogP contribution in [0.1, 0.15) is 55.7 Å². The van der Waals surface area contributed by atoms with Gasteiger partial charge >= 0.3 is 5.97 Å². The average Bonchev–Trinajstić information content (AvgIpc) is 3.64. The number of carbonyl (C=O) groups is 1. The summed E-state index contributed by atoms with van der Waals surface area (Å²) >= 11 is 0. The molecule has 0 spiro atoms. The number of benzene rings is 1. The van der Waals surface area contributed by atoms with Crippen molar-refractivity contribution in [2.45, 2.75) is 57.0 Å². The van der Waals surface area contributed by atoms with Crippen molar-refractivity contribution in [3.8, 4) is 0 Å². The number of nitrogens with zero attached hydrogens (tertiary/aromatic N) is 5. The Balaban J connectivity index is 1.31. The van der Waals surface area contributed by atoms with Crippen molar-refractivity contribution >= 4 is 34.5 Å². The average molecular weight is 511 g/mol. The molecule has 0 bridgehead atoms. The highest BCUT2D eigenvalue weighted by Gasteiger charge is 2.30. The molecule has 1 aliphatic heterocycles. The molecule has 9 nitrogen and oxygen atoms in total. The van der Waals surface area contributed by atoms with E-state index < -0.39 is 12.0 Å². The highest BCUT2D eigenvalue weighted by Crippen LogP contribution is 2.31. The standard InChI is InChI=1S/C29H30N6O3/c36-27-20(15-19-7-2-1-3-8-19)16-21-17-31-29(33-26(21)35(27)22-9-4-5-10-22)32-25-13-12-23(18-30-25)34-14-6-11-24(34)28(37)38/h1-3,7-8,12-13,16-18,22,24H,4-6,9-11,14-15H2,(H,37,38)(H,30,31,32,33). The molecule has 2 fully saturated rings. The maximum absolute atomic E-state index is 13.7. The second-order valence-electron chi connectivity index (χ2n) is 10.1. The monoisotopic (exact) mass is 510 g/mol. The summed E-state index contributed by atoms with van der Waals surface area (Å²) in [7, 11) is 0. The predicted molar refractivity (Wildman–Crippen MR) is 146 cm³/mol. The zero-order valence-electron chi connectivity index (χ0n) is 21.1. The Morgan fingerprint density at radius 1 is 1.00 bits per heavy atom. The van der Waals surface area contributed by atoms with E-state index in [0.29, 0.717) is 36.8 Å². The fraction of sp³-hybridized carbons (Fsp3) is 0.345. The van der Waals surface area contributed by atoms with Crippen LogP contribution in [0.5, 0.6) is 0 Å². The van der Waals surface area contributed by atoms with Crippen LogP contribution in [0.25, 0.3) is 11.0 Å². The molecular weight excluding hydrogens is 480 g/mol. The van der Waals surface area contributed by atoms with Crippen LogP contribution in [-0.2, 0) is 11.2 Å². The van der Waals surface area contributed by atoms with Crippen molar-refractivity contribution in [1.82, 2.24) is 19.5 Å². The number of rotatable bonds is 7. The maximum Gasteiger partial charge on any atom is 0.326 e. The Morgan fingerprint density at radius 3 is 2.55 bits per heavy atom. The molecular formula is C29H30N6O3. The van der Waals surface area contributed by atoms with Crippen LogP contribution in [0, 0.1) is 0 Å². The molecule has 9 heteroatoms. The first-order valence-electron chi connectivity index (χ1n) is 13.2. The van der Waals surface area contributed by atoms with E-state index in [1.807, 2.05) is 51.9 Å². The summed E-state index contributed by atoms with van der Waals surface area (Å²) in [4.78, 5) is 40.9. The second-order valence-corrected chi connectivity index (χ2v) is 10.1. The van der Waals surface area contributed by atoms with Crippen molar-refractivity contribution in [2.75, 3.05) is 16.8 Å². The number of aliphatic carboxylic acids is 1. The molecule has 1 atom stereocenters. The first-order chi connectivity index (χ1) is 18.6. The van der Waals surface area contributed by atoms with Gasteiger partial charge in [0.15, 0.2) is 0 Å². The summed E-state index contributed by atoms with van der Waals surface area (Å²) in [5, 5.41) is 13.5. The number of anilines is 3. The van der Waals surface area contributed by atoms with Gasteiger partial charge in [0.25, 0.3) is 5.56 Å². The fourth-order valence-electron chi connectivity index (χ4n) is 5.76. The van der Waals surface area contributed by atoms with Gasteiger partial charge in [0.2, 0.25) is 5.95 Å². The van der Waals surface area contributed by atoms with E-state index in [1.165, 1.54) is 0 Å². The SMILES string of the molecule is O=C(O)C1CCCN1c1ccc(Nc2ncc3cc(Cc4ccccc4)c(=O)n(C4CCCC4)c3n2)nc1. The van der Waals surface area contributed by atoms with Gasteiger partial charge in [0.1, 0.15) is 17.5 Å². The third-order valence-electron chi connectivity index (χ3n) is 7.63. The minimum Gasteiger partial charge on any atom is -0.480 e. The fourth-order valence-corrected chi connectivity index (χ4v) is 5.76. The first kappa shape index (κ1) is 24.1. The molecule has 4 heterocycles. The van der Waals surface area contributed by atoms with E-state index in [-0.39, 0.29) is 11.6 Å². The first-order valence-corrected chi connectivity index (χ1v) is 13.2. The summed E-state index contributed by atoms with van der Waals surface area (Å²) in [6.07, 6.45) is 9.63. The number of hydrogen-bond acceptors (Lipinski definition) is 7. The third kappa shape index (κ3) is 4.71. The molecule has 0 radical (unpaired) electrons. The highest BCUT2D eigenvalue weighted by atomic mass is 16.4. The summed E-state index contributed by atoms with van der Waals surface area (Å²) in [5.74, 6) is 0.105. The number of fused-ring (bicyclic) bond motifs is 1. The Labute approximate surface area is 220 Å². The number of pyridine rings is 2. The van der Waals surface area contributed by atoms with E-state index in [4.69, 9.17) is 4.98 Å². The third-order valence-corrected chi connectivity index (χ3v) is 7.63. The lowest BCUT2D eigenvalue weighted by Gasteiger charge is -2.23. The molecule has 1 aliphatic carbocycles. The molecule has 6 rings (SSSR count).